The molecule has 0 aliphatic carbocycles. The lowest BCUT2D eigenvalue weighted by Crippen LogP contribution is -2.42. The third kappa shape index (κ3) is 3.21. The second-order valence-electron chi connectivity index (χ2n) is 5.56. The predicted molar refractivity (Wildman–Crippen MR) is 90.6 cm³/mol. The summed E-state index contributed by atoms with van der Waals surface area (Å²) in [6.07, 6.45) is -0.121. The van der Waals surface area contributed by atoms with Crippen molar-refractivity contribution in [2.24, 2.45) is 0 Å². The van der Waals surface area contributed by atoms with Crippen molar-refractivity contribution in [3.05, 3.63) is 59.7 Å². The number of nitrogens with zero attached hydrogens (tertiary/aromatic N) is 1. The Morgan fingerprint density at radius 3 is 2.33 bits per heavy atom. The number of carbonyl (C=O) groups is 1. The number of methoxy groups -OCH3 is 2. The van der Waals surface area contributed by atoms with Gasteiger partial charge in [-0.3, -0.25) is 4.79 Å². The van der Waals surface area contributed by atoms with Crippen molar-refractivity contribution in [3.8, 4) is 11.5 Å². The molecule has 1 aliphatic rings. The average molecular weight is 327 g/mol. The van der Waals surface area contributed by atoms with Gasteiger partial charge in [0, 0.05) is 6.54 Å². The van der Waals surface area contributed by atoms with Gasteiger partial charge in [-0.25, -0.2) is 0 Å². The summed E-state index contributed by atoms with van der Waals surface area (Å²) >= 11 is 0. The topological polar surface area (TPSA) is 48.0 Å². The highest BCUT2D eigenvalue weighted by atomic mass is 16.5. The summed E-state index contributed by atoms with van der Waals surface area (Å²) in [6.45, 7) is 1.55. The zero-order chi connectivity index (χ0) is 16.9. The lowest BCUT2D eigenvalue weighted by atomic mass is 10.1. The molecule has 1 heterocycles. The molecule has 0 spiro atoms. The maximum Gasteiger partial charge on any atom is 0.261 e. The first-order chi connectivity index (χ1) is 11.7. The van der Waals surface area contributed by atoms with Crippen molar-refractivity contribution in [1.82, 2.24) is 4.90 Å². The van der Waals surface area contributed by atoms with Gasteiger partial charge in [-0.1, -0.05) is 36.4 Å². The zero-order valence-electron chi connectivity index (χ0n) is 13.9. The minimum Gasteiger partial charge on any atom is -0.496 e. The van der Waals surface area contributed by atoms with Crippen LogP contribution in [0, 0.1) is 0 Å². The van der Waals surface area contributed by atoms with Crippen molar-refractivity contribution >= 4 is 5.91 Å². The summed E-state index contributed by atoms with van der Waals surface area (Å²) in [4.78, 5) is 14.8. The van der Waals surface area contributed by atoms with Crippen LogP contribution in [0.2, 0.25) is 0 Å². The molecule has 1 saturated heterocycles. The van der Waals surface area contributed by atoms with Gasteiger partial charge in [0.2, 0.25) is 0 Å². The van der Waals surface area contributed by atoms with E-state index in [1.54, 1.807) is 37.3 Å². The van der Waals surface area contributed by atoms with Gasteiger partial charge >= 0.3 is 0 Å². The lowest BCUT2D eigenvalue weighted by molar-refractivity contribution is -0.0230. The van der Waals surface area contributed by atoms with Crippen molar-refractivity contribution in [1.29, 1.82) is 0 Å². The Hall–Kier alpha value is -2.53. The molecule has 2 aromatic carbocycles. The Labute approximate surface area is 141 Å². The third-order valence-corrected chi connectivity index (χ3v) is 4.17. The molecule has 2 aromatic rings. The molecular weight excluding hydrogens is 306 g/mol. The third-order valence-electron chi connectivity index (χ3n) is 4.17. The largest absolute Gasteiger partial charge is 0.496 e. The molecule has 1 amide bonds. The smallest absolute Gasteiger partial charge is 0.261 e. The van der Waals surface area contributed by atoms with Gasteiger partial charge in [-0.15, -0.1) is 0 Å². The Balaban J connectivity index is 1.85. The second-order valence-corrected chi connectivity index (χ2v) is 5.56. The fraction of sp³-hybridized carbons (Fsp3) is 0.316. The molecule has 126 valence electrons. The molecule has 24 heavy (non-hydrogen) atoms. The summed E-state index contributed by atoms with van der Waals surface area (Å²) in [5, 5.41) is 0. The Kier molecular flexibility index (Phi) is 5.01. The van der Waals surface area contributed by atoms with Gasteiger partial charge in [0.05, 0.1) is 27.4 Å². The molecule has 0 bridgehead atoms. The second kappa shape index (κ2) is 7.36. The zero-order valence-corrected chi connectivity index (χ0v) is 13.9. The normalized spacial score (nSPS) is 17.4. The number of hydrogen-bond donors (Lipinski definition) is 0. The Bertz CT molecular complexity index is 680. The van der Waals surface area contributed by atoms with E-state index in [2.05, 4.69) is 0 Å². The van der Waals surface area contributed by atoms with Crippen molar-refractivity contribution in [2.45, 2.75) is 6.10 Å². The first-order valence-corrected chi connectivity index (χ1v) is 7.91. The van der Waals surface area contributed by atoms with Crippen molar-refractivity contribution in [3.63, 3.8) is 0 Å². The maximum absolute atomic E-state index is 13.0. The average Bonchev–Trinajstić information content (AvgIpc) is 2.67. The summed E-state index contributed by atoms with van der Waals surface area (Å²) in [5.74, 6) is 0.928. The SMILES string of the molecule is COc1cccc(OC)c1C(=O)N1CCOC(c2ccccc2)C1. The van der Waals surface area contributed by atoms with Gasteiger partial charge in [-0.05, 0) is 17.7 Å². The van der Waals surface area contributed by atoms with E-state index in [4.69, 9.17) is 14.2 Å². The van der Waals surface area contributed by atoms with Crippen LogP contribution in [0.25, 0.3) is 0 Å². The van der Waals surface area contributed by atoms with Crippen LogP contribution in [0.15, 0.2) is 48.5 Å². The predicted octanol–water partition coefficient (Wildman–Crippen LogP) is 2.92. The first-order valence-electron chi connectivity index (χ1n) is 7.91. The summed E-state index contributed by atoms with van der Waals surface area (Å²) in [7, 11) is 3.11. The van der Waals surface area contributed by atoms with Crippen LogP contribution in [-0.2, 0) is 4.74 Å². The van der Waals surface area contributed by atoms with Gasteiger partial charge in [-0.2, -0.15) is 0 Å². The van der Waals surface area contributed by atoms with Crippen LogP contribution in [-0.4, -0.2) is 44.7 Å². The van der Waals surface area contributed by atoms with E-state index in [-0.39, 0.29) is 12.0 Å². The minimum absolute atomic E-state index is 0.103. The summed E-state index contributed by atoms with van der Waals surface area (Å²) < 4.78 is 16.5. The lowest BCUT2D eigenvalue weighted by Gasteiger charge is -2.33. The number of hydrogen-bond acceptors (Lipinski definition) is 4. The molecule has 5 nitrogen and oxygen atoms in total. The standard InChI is InChI=1S/C19H21NO4/c1-22-15-9-6-10-16(23-2)18(15)19(21)20-11-12-24-17(13-20)14-7-4-3-5-8-14/h3-10,17H,11-13H2,1-2H3. The van der Waals surface area contributed by atoms with Crippen LogP contribution in [0.1, 0.15) is 22.0 Å². The highest BCUT2D eigenvalue weighted by Crippen LogP contribution is 2.31. The fourth-order valence-electron chi connectivity index (χ4n) is 2.92. The molecular formula is C19H21NO4. The van der Waals surface area contributed by atoms with Crippen molar-refractivity contribution < 1.29 is 19.0 Å². The summed E-state index contributed by atoms with van der Waals surface area (Å²) in [5.41, 5.74) is 1.53. The van der Waals surface area contributed by atoms with E-state index in [1.807, 2.05) is 30.3 Å². The Morgan fingerprint density at radius 1 is 1.04 bits per heavy atom. The van der Waals surface area contributed by atoms with Gasteiger partial charge < -0.3 is 19.1 Å². The molecule has 1 aliphatic heterocycles. The number of amides is 1. The monoisotopic (exact) mass is 327 g/mol. The van der Waals surface area contributed by atoms with Crippen molar-refractivity contribution in [2.75, 3.05) is 33.9 Å². The van der Waals surface area contributed by atoms with E-state index >= 15 is 0 Å². The molecule has 0 aromatic heterocycles. The minimum atomic E-state index is -0.121. The van der Waals surface area contributed by atoms with E-state index in [1.165, 1.54) is 0 Å². The molecule has 1 fully saturated rings. The quantitative estimate of drug-likeness (QED) is 0.866. The molecule has 3 rings (SSSR count). The van der Waals surface area contributed by atoms with Gasteiger partial charge in [0.15, 0.2) is 0 Å². The van der Waals surface area contributed by atoms with Gasteiger partial charge in [0.1, 0.15) is 23.2 Å². The number of morpholine rings is 1. The molecule has 0 radical (unpaired) electrons. The molecule has 1 atom stereocenters. The molecule has 5 heteroatoms. The number of benzene rings is 2. The van der Waals surface area contributed by atoms with Crippen LogP contribution >= 0.6 is 0 Å². The van der Waals surface area contributed by atoms with E-state index < -0.39 is 0 Å². The number of rotatable bonds is 4. The molecule has 1 unspecified atom stereocenters. The van der Waals surface area contributed by atoms with Crippen LogP contribution in [0.4, 0.5) is 0 Å². The number of ether oxygens (including phenoxy) is 3. The van der Waals surface area contributed by atoms with Gasteiger partial charge in [0.25, 0.3) is 5.91 Å². The number of carbonyl (C=O) groups excluding carboxylic acids is 1. The molecule has 0 saturated carbocycles. The van der Waals surface area contributed by atoms with E-state index in [9.17, 15) is 4.79 Å². The highest BCUT2D eigenvalue weighted by Gasteiger charge is 2.29. The highest BCUT2D eigenvalue weighted by molar-refractivity contribution is 5.99. The summed E-state index contributed by atoms with van der Waals surface area (Å²) in [6, 6.07) is 15.3. The Morgan fingerprint density at radius 2 is 1.71 bits per heavy atom. The molecule has 0 N–H and O–H groups in total. The maximum atomic E-state index is 13.0. The van der Waals surface area contributed by atoms with Crippen LogP contribution in [0.5, 0.6) is 11.5 Å². The van der Waals surface area contributed by atoms with Crippen LogP contribution < -0.4 is 9.47 Å². The van der Waals surface area contributed by atoms with Crippen LogP contribution in [0.3, 0.4) is 0 Å². The van der Waals surface area contributed by atoms with E-state index in [0.29, 0.717) is 36.8 Å². The van der Waals surface area contributed by atoms with E-state index in [0.717, 1.165) is 5.56 Å². The first kappa shape index (κ1) is 16.3. The fourth-order valence-corrected chi connectivity index (χ4v) is 2.92.